The molecular formula is C15H7Cl3IN3OS. The zero-order chi connectivity index (χ0) is 17.6. The largest absolute Gasteiger partial charge is 0.340 e. The van der Waals surface area contributed by atoms with Gasteiger partial charge < -0.3 is 0 Å². The van der Waals surface area contributed by atoms with Gasteiger partial charge in [-0.05, 0) is 59.0 Å². The number of amidine groups is 1. The first-order valence-corrected chi connectivity index (χ1v) is 9.10. The van der Waals surface area contributed by atoms with Crippen molar-refractivity contribution < 1.29 is 4.79 Å². The van der Waals surface area contributed by atoms with Gasteiger partial charge in [0.1, 0.15) is 0 Å². The third-order valence-corrected chi connectivity index (χ3v) is 5.45. The summed E-state index contributed by atoms with van der Waals surface area (Å²) in [7, 11) is 0. The number of hydrogen-bond acceptors (Lipinski definition) is 3. The van der Waals surface area contributed by atoms with Gasteiger partial charge in [0, 0.05) is 3.57 Å². The van der Waals surface area contributed by atoms with Crippen LogP contribution in [-0.2, 0) is 0 Å². The molecule has 1 aliphatic rings. The van der Waals surface area contributed by atoms with Crippen LogP contribution in [0.15, 0.2) is 36.4 Å². The lowest BCUT2D eigenvalue weighted by atomic mass is 10.3. The molecule has 24 heavy (non-hydrogen) atoms. The van der Waals surface area contributed by atoms with Crippen LogP contribution >= 0.6 is 69.6 Å². The molecule has 1 heterocycles. The second kappa shape index (κ2) is 6.76. The fourth-order valence-corrected chi connectivity index (χ4v) is 3.47. The molecule has 1 aliphatic heterocycles. The van der Waals surface area contributed by atoms with Crippen molar-refractivity contribution in [3.8, 4) is 0 Å². The molecule has 0 aliphatic carbocycles. The third kappa shape index (κ3) is 3.01. The highest BCUT2D eigenvalue weighted by Crippen LogP contribution is 2.37. The van der Waals surface area contributed by atoms with Crippen molar-refractivity contribution in [2.24, 2.45) is 0 Å². The molecule has 2 amide bonds. The van der Waals surface area contributed by atoms with Gasteiger partial charge in [0.2, 0.25) is 0 Å². The Kier molecular flexibility index (Phi) is 5.04. The number of carbonyl (C=O) groups excluding carboxylic acids is 1. The molecule has 122 valence electrons. The Hall–Kier alpha value is -0.930. The van der Waals surface area contributed by atoms with E-state index in [-0.39, 0.29) is 31.6 Å². The van der Waals surface area contributed by atoms with E-state index >= 15 is 0 Å². The van der Waals surface area contributed by atoms with Gasteiger partial charge in [-0.2, -0.15) is 0 Å². The summed E-state index contributed by atoms with van der Waals surface area (Å²) in [6, 6.07) is 9.61. The van der Waals surface area contributed by atoms with Crippen LogP contribution in [0.25, 0.3) is 0 Å². The van der Waals surface area contributed by atoms with Crippen molar-refractivity contribution in [1.29, 1.82) is 5.41 Å². The molecule has 1 fully saturated rings. The first-order valence-electron chi connectivity index (χ1n) is 6.48. The summed E-state index contributed by atoms with van der Waals surface area (Å²) in [6.07, 6.45) is 0. The Balaban J connectivity index is 2.07. The molecule has 0 radical (unpaired) electrons. The van der Waals surface area contributed by atoms with E-state index in [9.17, 15) is 4.79 Å². The van der Waals surface area contributed by atoms with Crippen LogP contribution in [0.2, 0.25) is 15.1 Å². The van der Waals surface area contributed by atoms with E-state index in [0.29, 0.717) is 5.69 Å². The van der Waals surface area contributed by atoms with Crippen LogP contribution < -0.4 is 9.80 Å². The fraction of sp³-hybridized carbons (Fsp3) is 0. The normalized spacial score (nSPS) is 14.8. The Morgan fingerprint density at radius 2 is 1.54 bits per heavy atom. The molecule has 1 N–H and O–H groups in total. The lowest BCUT2D eigenvalue weighted by Gasteiger charge is -2.18. The minimum atomic E-state index is -0.494. The maximum absolute atomic E-state index is 12.8. The highest BCUT2D eigenvalue weighted by molar-refractivity contribution is 14.1. The van der Waals surface area contributed by atoms with Gasteiger partial charge >= 0.3 is 6.03 Å². The molecule has 0 aromatic heterocycles. The summed E-state index contributed by atoms with van der Waals surface area (Å²) >= 11 is 25.6. The average Bonchev–Trinajstić information content (AvgIpc) is 2.75. The highest BCUT2D eigenvalue weighted by atomic mass is 127. The molecule has 4 nitrogen and oxygen atoms in total. The number of thiocarbonyl (C=S) groups is 1. The maximum Gasteiger partial charge on any atom is 0.340 e. The quantitative estimate of drug-likeness (QED) is 0.306. The first-order chi connectivity index (χ1) is 11.3. The van der Waals surface area contributed by atoms with Crippen molar-refractivity contribution in [2.45, 2.75) is 0 Å². The number of amides is 2. The number of anilines is 2. The standard InChI is InChI=1S/C15H7Cl3IN3OS/c16-9-5-11(18)12(6-10(9)17)22-13(20)14(24)21(15(22)23)8-3-1-7(19)2-4-8/h1-6,20H. The van der Waals surface area contributed by atoms with Crippen LogP contribution in [0.1, 0.15) is 0 Å². The Labute approximate surface area is 171 Å². The number of nitrogens with zero attached hydrogens (tertiary/aromatic N) is 2. The molecule has 0 spiro atoms. The number of urea groups is 1. The summed E-state index contributed by atoms with van der Waals surface area (Å²) < 4.78 is 1.02. The summed E-state index contributed by atoms with van der Waals surface area (Å²) in [4.78, 5) is 15.3. The summed E-state index contributed by atoms with van der Waals surface area (Å²) in [5.41, 5.74) is 0.838. The molecule has 2 aromatic carbocycles. The van der Waals surface area contributed by atoms with E-state index < -0.39 is 6.03 Å². The smallest absolute Gasteiger partial charge is 0.281 e. The lowest BCUT2D eigenvalue weighted by Crippen LogP contribution is -2.33. The number of benzene rings is 2. The second-order valence-corrected chi connectivity index (χ2v) is 7.66. The number of rotatable bonds is 2. The maximum atomic E-state index is 12.8. The Morgan fingerprint density at radius 3 is 2.17 bits per heavy atom. The van der Waals surface area contributed by atoms with E-state index in [4.69, 9.17) is 52.4 Å². The highest BCUT2D eigenvalue weighted by Gasteiger charge is 2.41. The van der Waals surface area contributed by atoms with Gasteiger partial charge in [-0.1, -0.05) is 47.0 Å². The minimum absolute atomic E-state index is 0.0864. The number of hydrogen-bond donors (Lipinski definition) is 1. The van der Waals surface area contributed by atoms with Crippen molar-refractivity contribution in [1.82, 2.24) is 0 Å². The average molecular weight is 511 g/mol. The third-order valence-electron chi connectivity index (χ3n) is 3.33. The molecule has 9 heteroatoms. The van der Waals surface area contributed by atoms with Crippen molar-refractivity contribution in [2.75, 3.05) is 9.80 Å². The minimum Gasteiger partial charge on any atom is -0.281 e. The van der Waals surface area contributed by atoms with Crippen LogP contribution in [0, 0.1) is 8.98 Å². The second-order valence-electron chi connectivity index (χ2n) is 4.80. The SMILES string of the molecule is N=C1C(=S)N(c2ccc(I)cc2)C(=O)N1c1cc(Cl)c(Cl)cc1Cl. The van der Waals surface area contributed by atoms with Gasteiger partial charge in [0.15, 0.2) is 10.8 Å². The van der Waals surface area contributed by atoms with Gasteiger partial charge in [0.05, 0.1) is 26.4 Å². The molecule has 0 unspecified atom stereocenters. The van der Waals surface area contributed by atoms with Gasteiger partial charge in [-0.3, -0.25) is 5.41 Å². The van der Waals surface area contributed by atoms with E-state index in [1.807, 2.05) is 12.1 Å². The Bertz CT molecular complexity index is 888. The molecule has 0 saturated carbocycles. The van der Waals surface area contributed by atoms with Crippen LogP contribution in [0.3, 0.4) is 0 Å². The van der Waals surface area contributed by atoms with Crippen molar-refractivity contribution in [3.63, 3.8) is 0 Å². The van der Waals surface area contributed by atoms with Crippen molar-refractivity contribution >= 4 is 97.8 Å². The molecule has 0 atom stereocenters. The van der Waals surface area contributed by atoms with Crippen molar-refractivity contribution in [3.05, 3.63) is 55.0 Å². The number of carbonyl (C=O) groups is 1. The summed E-state index contributed by atoms with van der Waals surface area (Å²) in [6.45, 7) is 0. The van der Waals surface area contributed by atoms with Gasteiger partial charge in [0.25, 0.3) is 0 Å². The number of halogens is 4. The molecule has 1 saturated heterocycles. The van der Waals surface area contributed by atoms with Gasteiger partial charge in [-0.15, -0.1) is 0 Å². The van der Waals surface area contributed by atoms with Gasteiger partial charge in [-0.25, -0.2) is 14.6 Å². The van der Waals surface area contributed by atoms with Crippen LogP contribution in [0.4, 0.5) is 16.2 Å². The summed E-state index contributed by atoms with van der Waals surface area (Å²) in [5.74, 6) is -0.145. The summed E-state index contributed by atoms with van der Waals surface area (Å²) in [5, 5.41) is 8.91. The van der Waals surface area contributed by atoms with E-state index in [1.165, 1.54) is 17.0 Å². The number of nitrogens with one attached hydrogen (secondary N) is 1. The lowest BCUT2D eigenvalue weighted by molar-refractivity contribution is 0.257. The fourth-order valence-electron chi connectivity index (χ4n) is 2.21. The topological polar surface area (TPSA) is 47.4 Å². The molecule has 2 aromatic rings. The predicted molar refractivity (Wildman–Crippen MR) is 111 cm³/mol. The molecule has 0 bridgehead atoms. The van der Waals surface area contributed by atoms with E-state index in [0.717, 1.165) is 8.47 Å². The predicted octanol–water partition coefficient (Wildman–Crippen LogP) is 6.00. The zero-order valence-corrected chi connectivity index (χ0v) is 16.9. The van der Waals surface area contributed by atoms with E-state index in [1.54, 1.807) is 12.1 Å². The van der Waals surface area contributed by atoms with Crippen LogP contribution in [0.5, 0.6) is 0 Å². The van der Waals surface area contributed by atoms with Crippen LogP contribution in [-0.4, -0.2) is 16.9 Å². The first kappa shape index (κ1) is 17.9. The Morgan fingerprint density at radius 1 is 0.958 bits per heavy atom. The monoisotopic (exact) mass is 509 g/mol. The molecule has 3 rings (SSSR count). The van der Waals surface area contributed by atoms with E-state index in [2.05, 4.69) is 22.6 Å². The zero-order valence-electron chi connectivity index (χ0n) is 11.7. The molecular weight excluding hydrogens is 504 g/mol.